The molecule has 20 heavy (non-hydrogen) atoms. The normalized spacial score (nSPS) is 20.9. The average Bonchev–Trinajstić information content (AvgIpc) is 2.69. The molecule has 1 heterocycles. The summed E-state index contributed by atoms with van der Waals surface area (Å²) in [5.74, 6) is 0. The molecule has 1 aromatic heterocycles. The zero-order valence-electron chi connectivity index (χ0n) is 13.5. The highest BCUT2D eigenvalue weighted by molar-refractivity contribution is 5.16. The van der Waals surface area contributed by atoms with E-state index in [0.717, 1.165) is 6.54 Å². The van der Waals surface area contributed by atoms with Gasteiger partial charge < -0.3 is 10.2 Å². The van der Waals surface area contributed by atoms with Crippen molar-refractivity contribution in [2.45, 2.75) is 57.0 Å². The number of hydrogen-bond acceptors (Lipinski definition) is 3. The van der Waals surface area contributed by atoms with Gasteiger partial charge in [0, 0.05) is 18.8 Å². The lowest BCUT2D eigenvalue weighted by Gasteiger charge is -2.46. The Balaban J connectivity index is 2.39. The first kappa shape index (κ1) is 15.5. The van der Waals surface area contributed by atoms with E-state index in [9.17, 15) is 0 Å². The van der Waals surface area contributed by atoms with Crippen LogP contribution in [0.3, 0.4) is 0 Å². The Hall–Kier alpha value is -0.870. The lowest BCUT2D eigenvalue weighted by molar-refractivity contribution is 0.0772. The molecule has 1 atom stereocenters. The van der Waals surface area contributed by atoms with Crippen molar-refractivity contribution in [3.63, 3.8) is 0 Å². The molecule has 0 aliphatic heterocycles. The van der Waals surface area contributed by atoms with Crippen LogP contribution in [0.1, 0.15) is 57.2 Å². The molecule has 2 rings (SSSR count). The lowest BCUT2D eigenvalue weighted by Crippen LogP contribution is -2.54. The van der Waals surface area contributed by atoms with Crippen molar-refractivity contribution in [3.8, 4) is 0 Å². The van der Waals surface area contributed by atoms with Crippen LogP contribution in [-0.2, 0) is 7.05 Å². The summed E-state index contributed by atoms with van der Waals surface area (Å²) in [6.45, 7) is 3.19. The minimum absolute atomic E-state index is 0.209. The van der Waals surface area contributed by atoms with Gasteiger partial charge in [0.2, 0.25) is 0 Å². The Morgan fingerprint density at radius 1 is 1.30 bits per heavy atom. The fraction of sp³-hybridized carbons (Fsp3) is 0.812. The highest BCUT2D eigenvalue weighted by atomic mass is 15.3. The topological polar surface area (TPSA) is 33.1 Å². The molecule has 1 aliphatic rings. The second kappa shape index (κ2) is 6.72. The molecule has 1 fully saturated rings. The first-order chi connectivity index (χ1) is 9.62. The van der Waals surface area contributed by atoms with Crippen molar-refractivity contribution in [2.24, 2.45) is 7.05 Å². The highest BCUT2D eigenvalue weighted by Gasteiger charge is 2.42. The lowest BCUT2D eigenvalue weighted by atomic mass is 9.79. The van der Waals surface area contributed by atoms with E-state index in [-0.39, 0.29) is 5.54 Å². The van der Waals surface area contributed by atoms with Crippen LogP contribution in [0.5, 0.6) is 0 Å². The number of rotatable bonds is 5. The summed E-state index contributed by atoms with van der Waals surface area (Å²) in [6.07, 6.45) is 9.86. The van der Waals surface area contributed by atoms with E-state index < -0.39 is 0 Å². The summed E-state index contributed by atoms with van der Waals surface area (Å²) in [7, 11) is 6.54. The van der Waals surface area contributed by atoms with Gasteiger partial charge in [0.05, 0.1) is 11.7 Å². The predicted octanol–water partition coefficient (Wildman–Crippen LogP) is 2.73. The molecule has 1 aliphatic carbocycles. The van der Waals surface area contributed by atoms with E-state index in [0.29, 0.717) is 6.04 Å². The molecule has 0 spiro atoms. The number of nitrogens with zero attached hydrogens (tertiary/aromatic N) is 3. The molecule has 0 amide bonds. The number of aryl methyl sites for hydroxylation is 1. The molecule has 1 unspecified atom stereocenters. The first-order valence-corrected chi connectivity index (χ1v) is 8.00. The maximum absolute atomic E-state index is 4.39. The Bertz CT molecular complexity index is 402. The van der Waals surface area contributed by atoms with E-state index >= 15 is 0 Å². The first-order valence-electron chi connectivity index (χ1n) is 8.00. The smallest absolute Gasteiger partial charge is 0.0678 e. The second-order valence-electron chi connectivity index (χ2n) is 6.28. The molecule has 0 aromatic carbocycles. The van der Waals surface area contributed by atoms with Crippen molar-refractivity contribution in [1.82, 2.24) is 20.0 Å². The van der Waals surface area contributed by atoms with Crippen molar-refractivity contribution in [2.75, 3.05) is 20.6 Å². The van der Waals surface area contributed by atoms with Crippen LogP contribution in [0.15, 0.2) is 12.3 Å². The Morgan fingerprint density at radius 2 is 1.95 bits per heavy atom. The fourth-order valence-electron chi connectivity index (χ4n) is 3.78. The molecule has 1 N–H and O–H groups in total. The molecule has 4 heteroatoms. The summed E-state index contributed by atoms with van der Waals surface area (Å²) in [5, 5.41) is 8.13. The molecule has 0 saturated heterocycles. The van der Waals surface area contributed by atoms with Gasteiger partial charge in [-0.3, -0.25) is 4.68 Å². The molecule has 1 saturated carbocycles. The largest absolute Gasteiger partial charge is 0.307 e. The summed E-state index contributed by atoms with van der Waals surface area (Å²) in [6, 6.07) is 2.52. The van der Waals surface area contributed by atoms with Gasteiger partial charge in [0.15, 0.2) is 0 Å². The van der Waals surface area contributed by atoms with E-state index in [1.54, 1.807) is 0 Å². The number of likely N-dealkylation sites (N-methyl/N-ethyl adjacent to an activating group) is 2. The van der Waals surface area contributed by atoms with Crippen molar-refractivity contribution in [1.29, 1.82) is 0 Å². The van der Waals surface area contributed by atoms with E-state index in [1.165, 1.54) is 44.2 Å². The minimum Gasteiger partial charge on any atom is -0.307 e. The summed E-state index contributed by atoms with van der Waals surface area (Å²) >= 11 is 0. The van der Waals surface area contributed by atoms with E-state index in [1.807, 2.05) is 10.9 Å². The second-order valence-corrected chi connectivity index (χ2v) is 6.28. The minimum atomic E-state index is 0.209. The number of aromatic nitrogens is 2. The molecule has 0 radical (unpaired) electrons. The van der Waals surface area contributed by atoms with Crippen LogP contribution < -0.4 is 5.32 Å². The summed E-state index contributed by atoms with van der Waals surface area (Å²) < 4.78 is 2.03. The van der Waals surface area contributed by atoms with Crippen LogP contribution in [0.2, 0.25) is 0 Å². The van der Waals surface area contributed by atoms with Crippen LogP contribution in [0.4, 0.5) is 0 Å². The van der Waals surface area contributed by atoms with Crippen LogP contribution in [0, 0.1) is 0 Å². The van der Waals surface area contributed by atoms with Gasteiger partial charge >= 0.3 is 0 Å². The van der Waals surface area contributed by atoms with E-state index in [2.05, 4.69) is 49.4 Å². The Kier molecular flexibility index (Phi) is 5.22. The van der Waals surface area contributed by atoms with Gasteiger partial charge in [0.25, 0.3) is 0 Å². The zero-order valence-corrected chi connectivity index (χ0v) is 13.5. The quantitative estimate of drug-likeness (QED) is 0.841. The molecule has 4 nitrogen and oxygen atoms in total. The Morgan fingerprint density at radius 3 is 2.40 bits per heavy atom. The maximum atomic E-state index is 4.39. The molecule has 114 valence electrons. The highest BCUT2D eigenvalue weighted by Crippen LogP contribution is 2.40. The third-order valence-electron chi connectivity index (χ3n) is 4.96. The molecule has 0 bridgehead atoms. The van der Waals surface area contributed by atoms with Gasteiger partial charge in [-0.25, -0.2) is 0 Å². The van der Waals surface area contributed by atoms with Gasteiger partial charge in [-0.1, -0.05) is 32.6 Å². The number of nitrogens with one attached hydrogen (secondary N) is 1. The van der Waals surface area contributed by atoms with Crippen molar-refractivity contribution >= 4 is 0 Å². The Labute approximate surface area is 123 Å². The standard InChI is InChI=1S/C16H30N4/c1-5-17-15(14-10-13-18-20(14)4)16(19(2)3)11-8-6-7-9-12-16/h10,13,15,17H,5-9,11-12H2,1-4H3. The third kappa shape index (κ3) is 2.91. The monoisotopic (exact) mass is 278 g/mol. The predicted molar refractivity (Wildman–Crippen MR) is 83.7 cm³/mol. The van der Waals surface area contributed by atoms with Gasteiger partial charge in [-0.15, -0.1) is 0 Å². The van der Waals surface area contributed by atoms with Crippen LogP contribution in [-0.4, -0.2) is 40.9 Å². The fourth-order valence-corrected chi connectivity index (χ4v) is 3.78. The molecule has 1 aromatic rings. The van der Waals surface area contributed by atoms with Crippen molar-refractivity contribution in [3.05, 3.63) is 18.0 Å². The third-order valence-corrected chi connectivity index (χ3v) is 4.96. The molecular formula is C16H30N4. The zero-order chi connectivity index (χ0) is 14.6. The van der Waals surface area contributed by atoms with Crippen molar-refractivity contribution < 1.29 is 0 Å². The summed E-state index contributed by atoms with van der Waals surface area (Å²) in [4.78, 5) is 2.46. The van der Waals surface area contributed by atoms with Gasteiger partial charge in [-0.2, -0.15) is 5.10 Å². The SMILES string of the molecule is CCNC(c1ccnn1C)C1(N(C)C)CCCCCC1. The van der Waals surface area contributed by atoms with Crippen LogP contribution in [0.25, 0.3) is 0 Å². The van der Waals surface area contributed by atoms with Gasteiger partial charge in [-0.05, 0) is 39.5 Å². The maximum Gasteiger partial charge on any atom is 0.0678 e. The summed E-state index contributed by atoms with van der Waals surface area (Å²) in [5.41, 5.74) is 1.52. The average molecular weight is 278 g/mol. The van der Waals surface area contributed by atoms with E-state index in [4.69, 9.17) is 0 Å². The molecular weight excluding hydrogens is 248 g/mol. The number of hydrogen-bond donors (Lipinski definition) is 1. The van der Waals surface area contributed by atoms with Crippen LogP contribution >= 0.6 is 0 Å². The van der Waals surface area contributed by atoms with Gasteiger partial charge in [0.1, 0.15) is 0 Å².